The van der Waals surface area contributed by atoms with Gasteiger partial charge in [0.05, 0.1) is 5.60 Å². The molecule has 0 aromatic heterocycles. The van der Waals surface area contributed by atoms with Gasteiger partial charge in [-0.15, -0.1) is 0 Å². The lowest BCUT2D eigenvalue weighted by atomic mass is 9.74. The molecule has 0 amide bonds. The maximum Gasteiger partial charge on any atom is 0.0820 e. The number of nitrogens with two attached hydrogens (primary N) is 1. The van der Waals surface area contributed by atoms with E-state index in [1.807, 2.05) is 6.92 Å². The Balaban J connectivity index is 2.38. The highest BCUT2D eigenvalue weighted by atomic mass is 16.5. The van der Waals surface area contributed by atoms with E-state index in [9.17, 15) is 5.11 Å². The van der Waals surface area contributed by atoms with E-state index in [1.165, 1.54) is 0 Å². The second kappa shape index (κ2) is 5.10. The fourth-order valence-corrected chi connectivity index (χ4v) is 2.16. The molecule has 0 aromatic rings. The number of hydrogen-bond donors (Lipinski definition) is 2. The highest BCUT2D eigenvalue weighted by Gasteiger charge is 2.38. The van der Waals surface area contributed by atoms with Gasteiger partial charge in [-0.05, 0) is 32.1 Å². The molecule has 0 spiro atoms. The van der Waals surface area contributed by atoms with Gasteiger partial charge in [-0.1, -0.05) is 6.92 Å². The summed E-state index contributed by atoms with van der Waals surface area (Å²) >= 11 is 0. The van der Waals surface area contributed by atoms with E-state index in [2.05, 4.69) is 6.92 Å². The Morgan fingerprint density at radius 1 is 1.57 bits per heavy atom. The summed E-state index contributed by atoms with van der Waals surface area (Å²) in [5.41, 5.74) is 5.30. The van der Waals surface area contributed by atoms with Crippen LogP contribution in [0.4, 0.5) is 0 Å². The van der Waals surface area contributed by atoms with Crippen LogP contribution in [0.2, 0.25) is 0 Å². The topological polar surface area (TPSA) is 55.5 Å². The van der Waals surface area contributed by atoms with Crippen molar-refractivity contribution in [3.63, 3.8) is 0 Å². The van der Waals surface area contributed by atoms with Crippen molar-refractivity contribution in [3.8, 4) is 0 Å². The quantitative estimate of drug-likeness (QED) is 0.674. The van der Waals surface area contributed by atoms with E-state index >= 15 is 0 Å². The molecule has 14 heavy (non-hydrogen) atoms. The summed E-state index contributed by atoms with van der Waals surface area (Å²) in [5, 5.41) is 10.3. The molecule has 3 heteroatoms. The summed E-state index contributed by atoms with van der Waals surface area (Å²) in [6, 6.07) is -0.0771. The van der Waals surface area contributed by atoms with Gasteiger partial charge in [0.15, 0.2) is 0 Å². The first-order valence-corrected chi connectivity index (χ1v) is 5.64. The number of aliphatic hydroxyl groups is 1. The van der Waals surface area contributed by atoms with Gasteiger partial charge in [0.1, 0.15) is 0 Å². The standard InChI is InChI=1S/C11H23NO2/c1-3-14-7-6-11(13)5-4-9(2)8-10(11)12/h9-10,13H,3-8,12H2,1-2H3. The monoisotopic (exact) mass is 201 g/mol. The summed E-state index contributed by atoms with van der Waals surface area (Å²) in [7, 11) is 0. The molecule has 0 heterocycles. The van der Waals surface area contributed by atoms with Crippen LogP contribution in [0.5, 0.6) is 0 Å². The smallest absolute Gasteiger partial charge is 0.0820 e. The van der Waals surface area contributed by atoms with E-state index in [1.54, 1.807) is 0 Å². The Morgan fingerprint density at radius 3 is 2.86 bits per heavy atom. The molecular formula is C11H23NO2. The van der Waals surface area contributed by atoms with Crippen LogP contribution in [-0.4, -0.2) is 30.0 Å². The van der Waals surface area contributed by atoms with E-state index in [0.717, 1.165) is 19.3 Å². The van der Waals surface area contributed by atoms with Crippen molar-refractivity contribution >= 4 is 0 Å². The maximum absolute atomic E-state index is 10.3. The number of ether oxygens (including phenoxy) is 1. The molecule has 0 saturated heterocycles. The summed E-state index contributed by atoms with van der Waals surface area (Å²) in [6.07, 6.45) is 3.51. The van der Waals surface area contributed by atoms with Crippen LogP contribution in [0.25, 0.3) is 0 Å². The summed E-state index contributed by atoms with van der Waals surface area (Å²) < 4.78 is 5.26. The molecule has 1 aliphatic rings. The molecule has 3 atom stereocenters. The molecule has 1 rings (SSSR count). The minimum Gasteiger partial charge on any atom is -0.388 e. The fraction of sp³-hybridized carbons (Fsp3) is 1.00. The van der Waals surface area contributed by atoms with Gasteiger partial charge < -0.3 is 15.6 Å². The predicted octanol–water partition coefficient (Wildman–Crippen LogP) is 1.29. The average molecular weight is 201 g/mol. The SMILES string of the molecule is CCOCCC1(O)CCC(C)CC1N. The van der Waals surface area contributed by atoms with Crippen LogP contribution in [-0.2, 0) is 4.74 Å². The predicted molar refractivity (Wildman–Crippen MR) is 57.1 cm³/mol. The Kier molecular flexibility index (Phi) is 4.35. The van der Waals surface area contributed by atoms with Gasteiger partial charge in [0, 0.05) is 25.7 Å². The summed E-state index contributed by atoms with van der Waals surface area (Å²) in [4.78, 5) is 0. The molecule has 3 N–H and O–H groups in total. The highest BCUT2D eigenvalue weighted by molar-refractivity contribution is 4.94. The Bertz CT molecular complexity index is 175. The molecule has 3 nitrogen and oxygen atoms in total. The van der Waals surface area contributed by atoms with Crippen molar-refractivity contribution in [1.29, 1.82) is 0 Å². The van der Waals surface area contributed by atoms with Crippen molar-refractivity contribution < 1.29 is 9.84 Å². The van der Waals surface area contributed by atoms with Crippen molar-refractivity contribution in [2.45, 2.75) is 51.2 Å². The summed E-state index contributed by atoms with van der Waals surface area (Å²) in [6.45, 7) is 5.49. The Hall–Kier alpha value is -0.120. The van der Waals surface area contributed by atoms with E-state index < -0.39 is 5.60 Å². The van der Waals surface area contributed by atoms with E-state index in [0.29, 0.717) is 25.6 Å². The average Bonchev–Trinajstić information content (AvgIpc) is 2.13. The largest absolute Gasteiger partial charge is 0.388 e. The molecule has 1 aliphatic carbocycles. The van der Waals surface area contributed by atoms with Gasteiger partial charge in [-0.2, -0.15) is 0 Å². The third-order valence-electron chi connectivity index (χ3n) is 3.30. The van der Waals surface area contributed by atoms with Crippen LogP contribution < -0.4 is 5.73 Å². The third-order valence-corrected chi connectivity index (χ3v) is 3.30. The molecule has 84 valence electrons. The second-order valence-corrected chi connectivity index (χ2v) is 4.54. The van der Waals surface area contributed by atoms with Gasteiger partial charge in [-0.25, -0.2) is 0 Å². The molecule has 0 bridgehead atoms. The van der Waals surface area contributed by atoms with Gasteiger partial charge in [0.25, 0.3) is 0 Å². The molecule has 3 unspecified atom stereocenters. The normalized spacial score (nSPS) is 38.6. The lowest BCUT2D eigenvalue weighted by Crippen LogP contribution is -2.52. The zero-order valence-corrected chi connectivity index (χ0v) is 9.33. The zero-order chi connectivity index (χ0) is 10.6. The molecule has 1 saturated carbocycles. The first-order chi connectivity index (χ1) is 6.58. The number of hydrogen-bond acceptors (Lipinski definition) is 3. The molecular weight excluding hydrogens is 178 g/mol. The van der Waals surface area contributed by atoms with E-state index in [-0.39, 0.29) is 6.04 Å². The zero-order valence-electron chi connectivity index (χ0n) is 9.33. The van der Waals surface area contributed by atoms with Crippen molar-refractivity contribution in [1.82, 2.24) is 0 Å². The minimum absolute atomic E-state index is 0.0771. The lowest BCUT2D eigenvalue weighted by Gasteiger charge is -2.40. The summed E-state index contributed by atoms with van der Waals surface area (Å²) in [5.74, 6) is 0.650. The van der Waals surface area contributed by atoms with Gasteiger partial charge >= 0.3 is 0 Å². The van der Waals surface area contributed by atoms with Crippen molar-refractivity contribution in [2.24, 2.45) is 11.7 Å². The first kappa shape index (κ1) is 12.0. The molecule has 1 fully saturated rings. The van der Waals surface area contributed by atoms with Crippen LogP contribution in [0.15, 0.2) is 0 Å². The number of rotatable bonds is 4. The van der Waals surface area contributed by atoms with Crippen molar-refractivity contribution in [3.05, 3.63) is 0 Å². The van der Waals surface area contributed by atoms with Crippen LogP contribution in [0.1, 0.15) is 39.5 Å². The molecule has 0 aliphatic heterocycles. The first-order valence-electron chi connectivity index (χ1n) is 5.64. The Morgan fingerprint density at radius 2 is 2.29 bits per heavy atom. The maximum atomic E-state index is 10.3. The van der Waals surface area contributed by atoms with Crippen LogP contribution >= 0.6 is 0 Å². The van der Waals surface area contributed by atoms with Crippen LogP contribution in [0.3, 0.4) is 0 Å². The Labute approximate surface area is 86.6 Å². The van der Waals surface area contributed by atoms with E-state index in [4.69, 9.17) is 10.5 Å². The van der Waals surface area contributed by atoms with Gasteiger partial charge in [0.2, 0.25) is 0 Å². The second-order valence-electron chi connectivity index (χ2n) is 4.54. The molecule has 0 radical (unpaired) electrons. The van der Waals surface area contributed by atoms with Crippen LogP contribution in [0, 0.1) is 5.92 Å². The fourth-order valence-electron chi connectivity index (χ4n) is 2.16. The third kappa shape index (κ3) is 2.94. The molecule has 0 aromatic carbocycles. The highest BCUT2D eigenvalue weighted by Crippen LogP contribution is 2.33. The lowest BCUT2D eigenvalue weighted by molar-refractivity contribution is -0.0498. The van der Waals surface area contributed by atoms with Gasteiger partial charge in [-0.3, -0.25) is 0 Å². The minimum atomic E-state index is -0.679. The van der Waals surface area contributed by atoms with Crippen molar-refractivity contribution in [2.75, 3.05) is 13.2 Å².